The van der Waals surface area contributed by atoms with Crippen molar-refractivity contribution in [2.24, 2.45) is 5.73 Å². The summed E-state index contributed by atoms with van der Waals surface area (Å²) in [6.07, 6.45) is 1.62. The summed E-state index contributed by atoms with van der Waals surface area (Å²) in [5.41, 5.74) is 7.95. The van der Waals surface area contributed by atoms with E-state index in [2.05, 4.69) is 16.3 Å². The van der Waals surface area contributed by atoms with E-state index in [-0.39, 0.29) is 17.3 Å². The Morgan fingerprint density at radius 2 is 2.23 bits per heavy atom. The number of rotatable bonds is 3. The largest absolute Gasteiger partial charge is 0.420 e. The molecular weight excluding hydrogens is 283 g/mol. The molecule has 1 aromatic heterocycles. The van der Waals surface area contributed by atoms with Crippen LogP contribution in [-0.2, 0) is 6.42 Å². The van der Waals surface area contributed by atoms with Crippen LogP contribution in [0.5, 0.6) is 5.88 Å². The SMILES string of the molecule is CCCc1[nH]nc2c1[C@H](c1ccccc1F)C(C#N)=C(N)O2. The fraction of sp³-hybridized carbons (Fsp3) is 0.250. The molecule has 0 fully saturated rings. The van der Waals surface area contributed by atoms with Gasteiger partial charge in [0, 0.05) is 11.3 Å². The van der Waals surface area contributed by atoms with E-state index in [0.29, 0.717) is 17.0 Å². The first-order chi connectivity index (χ1) is 10.7. The van der Waals surface area contributed by atoms with Crippen molar-refractivity contribution < 1.29 is 9.13 Å². The number of fused-ring (bicyclic) bond motifs is 1. The van der Waals surface area contributed by atoms with Crippen LogP contribution in [0.1, 0.15) is 36.1 Å². The lowest BCUT2D eigenvalue weighted by Crippen LogP contribution is -2.22. The first-order valence-corrected chi connectivity index (χ1v) is 7.06. The topological polar surface area (TPSA) is 87.7 Å². The molecule has 0 amide bonds. The highest BCUT2D eigenvalue weighted by atomic mass is 19.1. The predicted octanol–water partition coefficient (Wildman–Crippen LogP) is 2.72. The summed E-state index contributed by atoms with van der Waals surface area (Å²) >= 11 is 0. The third kappa shape index (κ3) is 2.11. The molecule has 2 heterocycles. The third-order valence-corrected chi connectivity index (χ3v) is 3.73. The van der Waals surface area contributed by atoms with Crippen molar-refractivity contribution in [2.45, 2.75) is 25.7 Å². The maximum Gasteiger partial charge on any atom is 0.244 e. The molecule has 6 heteroatoms. The zero-order valence-corrected chi connectivity index (χ0v) is 12.1. The molecule has 22 heavy (non-hydrogen) atoms. The molecule has 1 atom stereocenters. The van der Waals surface area contributed by atoms with Gasteiger partial charge in [-0.1, -0.05) is 31.5 Å². The van der Waals surface area contributed by atoms with Gasteiger partial charge in [0.1, 0.15) is 17.5 Å². The minimum atomic E-state index is -0.602. The number of nitriles is 1. The Bertz CT molecular complexity index is 788. The quantitative estimate of drug-likeness (QED) is 0.912. The van der Waals surface area contributed by atoms with Gasteiger partial charge in [-0.3, -0.25) is 5.10 Å². The predicted molar refractivity (Wildman–Crippen MR) is 78.3 cm³/mol. The molecule has 0 radical (unpaired) electrons. The maximum absolute atomic E-state index is 14.3. The molecule has 1 aliphatic rings. The minimum Gasteiger partial charge on any atom is -0.420 e. The summed E-state index contributed by atoms with van der Waals surface area (Å²) in [5.74, 6) is -0.703. The Balaban J connectivity index is 2.24. The Hall–Kier alpha value is -2.81. The van der Waals surface area contributed by atoms with Crippen LogP contribution >= 0.6 is 0 Å². The first-order valence-electron chi connectivity index (χ1n) is 7.06. The third-order valence-electron chi connectivity index (χ3n) is 3.73. The molecule has 0 saturated carbocycles. The molecule has 3 N–H and O–H groups in total. The monoisotopic (exact) mass is 298 g/mol. The van der Waals surface area contributed by atoms with Gasteiger partial charge in [-0.25, -0.2) is 4.39 Å². The lowest BCUT2D eigenvalue weighted by molar-refractivity contribution is 0.377. The van der Waals surface area contributed by atoms with Gasteiger partial charge in [-0.2, -0.15) is 5.26 Å². The van der Waals surface area contributed by atoms with Crippen molar-refractivity contribution in [3.8, 4) is 11.9 Å². The molecule has 3 rings (SSSR count). The molecule has 2 aromatic rings. The van der Waals surface area contributed by atoms with Crippen molar-refractivity contribution in [1.29, 1.82) is 5.26 Å². The number of benzene rings is 1. The zero-order valence-electron chi connectivity index (χ0n) is 12.1. The first kappa shape index (κ1) is 14.1. The van der Waals surface area contributed by atoms with Crippen LogP contribution in [0.15, 0.2) is 35.7 Å². The lowest BCUT2D eigenvalue weighted by Gasteiger charge is -2.24. The van der Waals surface area contributed by atoms with Crippen LogP contribution in [0.4, 0.5) is 4.39 Å². The molecule has 0 saturated heterocycles. The average molecular weight is 298 g/mol. The van der Waals surface area contributed by atoms with Crippen LogP contribution in [0.25, 0.3) is 0 Å². The summed E-state index contributed by atoms with van der Waals surface area (Å²) in [6, 6.07) is 8.42. The molecule has 0 bridgehead atoms. The van der Waals surface area contributed by atoms with E-state index in [1.165, 1.54) is 6.07 Å². The van der Waals surface area contributed by atoms with E-state index in [1.807, 2.05) is 6.92 Å². The number of halogens is 1. The van der Waals surface area contributed by atoms with Gasteiger partial charge in [-0.05, 0) is 12.5 Å². The van der Waals surface area contributed by atoms with Crippen molar-refractivity contribution in [2.75, 3.05) is 0 Å². The van der Waals surface area contributed by atoms with E-state index in [4.69, 9.17) is 10.5 Å². The van der Waals surface area contributed by atoms with Gasteiger partial charge in [0.15, 0.2) is 0 Å². The number of nitrogens with zero attached hydrogens (tertiary/aromatic N) is 2. The van der Waals surface area contributed by atoms with Crippen molar-refractivity contribution in [3.05, 3.63) is 58.4 Å². The van der Waals surface area contributed by atoms with Crippen LogP contribution < -0.4 is 10.5 Å². The van der Waals surface area contributed by atoms with Gasteiger partial charge in [-0.15, -0.1) is 5.10 Å². The molecule has 0 aliphatic carbocycles. The van der Waals surface area contributed by atoms with Gasteiger partial charge in [0.05, 0.1) is 11.5 Å². The number of nitrogens with two attached hydrogens (primary N) is 1. The molecule has 1 aliphatic heterocycles. The molecular formula is C16H15FN4O. The van der Waals surface area contributed by atoms with Gasteiger partial charge < -0.3 is 10.5 Å². The second kappa shape index (κ2) is 5.53. The van der Waals surface area contributed by atoms with Gasteiger partial charge in [0.25, 0.3) is 0 Å². The van der Waals surface area contributed by atoms with Crippen LogP contribution in [0, 0.1) is 17.1 Å². The summed E-state index contributed by atoms with van der Waals surface area (Å²) < 4.78 is 19.7. The highest BCUT2D eigenvalue weighted by Gasteiger charge is 2.36. The number of ether oxygens (including phenoxy) is 1. The fourth-order valence-corrected chi connectivity index (χ4v) is 2.77. The highest BCUT2D eigenvalue weighted by molar-refractivity contribution is 5.55. The highest BCUT2D eigenvalue weighted by Crippen LogP contribution is 2.43. The molecule has 0 spiro atoms. The van der Waals surface area contributed by atoms with Crippen molar-refractivity contribution >= 4 is 0 Å². The van der Waals surface area contributed by atoms with E-state index >= 15 is 0 Å². The van der Waals surface area contributed by atoms with Crippen LogP contribution in [-0.4, -0.2) is 10.2 Å². The molecule has 112 valence electrons. The van der Waals surface area contributed by atoms with Crippen LogP contribution in [0.2, 0.25) is 0 Å². The average Bonchev–Trinajstić information content (AvgIpc) is 2.89. The number of hydrogen-bond acceptors (Lipinski definition) is 4. The number of hydrogen-bond donors (Lipinski definition) is 2. The van der Waals surface area contributed by atoms with E-state index in [1.54, 1.807) is 18.2 Å². The molecule has 1 aromatic carbocycles. The fourth-order valence-electron chi connectivity index (χ4n) is 2.77. The molecule has 0 unspecified atom stereocenters. The van der Waals surface area contributed by atoms with Gasteiger partial charge >= 0.3 is 0 Å². The van der Waals surface area contributed by atoms with Gasteiger partial charge in [0.2, 0.25) is 11.8 Å². The summed E-state index contributed by atoms with van der Waals surface area (Å²) in [4.78, 5) is 0. The van der Waals surface area contributed by atoms with Crippen molar-refractivity contribution in [3.63, 3.8) is 0 Å². The lowest BCUT2D eigenvalue weighted by atomic mass is 9.83. The number of aromatic amines is 1. The number of H-pyrrole nitrogens is 1. The zero-order chi connectivity index (χ0) is 15.7. The van der Waals surface area contributed by atoms with Crippen molar-refractivity contribution in [1.82, 2.24) is 10.2 Å². The Kier molecular flexibility index (Phi) is 3.55. The summed E-state index contributed by atoms with van der Waals surface area (Å²) in [6.45, 7) is 2.03. The number of nitrogens with one attached hydrogen (secondary N) is 1. The number of allylic oxidation sites excluding steroid dienone is 1. The second-order valence-corrected chi connectivity index (χ2v) is 5.12. The van der Waals surface area contributed by atoms with E-state index in [0.717, 1.165) is 18.5 Å². The number of aryl methyl sites for hydroxylation is 1. The van der Waals surface area contributed by atoms with Crippen LogP contribution in [0.3, 0.4) is 0 Å². The number of aromatic nitrogens is 2. The van der Waals surface area contributed by atoms with E-state index in [9.17, 15) is 9.65 Å². The Morgan fingerprint density at radius 1 is 1.45 bits per heavy atom. The standard InChI is InChI=1S/C16H15FN4O/c1-2-5-12-14-13(9-6-3-4-7-11(9)17)10(8-18)15(19)22-16(14)21-20-12/h3-4,6-7,13H,2,5,19H2,1H3,(H,20,21)/t13-/m1/s1. The normalized spacial score (nSPS) is 16.9. The van der Waals surface area contributed by atoms with E-state index < -0.39 is 5.92 Å². The summed E-state index contributed by atoms with van der Waals surface area (Å²) in [5, 5.41) is 16.5. The molecule has 5 nitrogen and oxygen atoms in total. The summed E-state index contributed by atoms with van der Waals surface area (Å²) in [7, 11) is 0. The Morgan fingerprint density at radius 3 is 2.91 bits per heavy atom. The minimum absolute atomic E-state index is 0.0298. The maximum atomic E-state index is 14.3. The second-order valence-electron chi connectivity index (χ2n) is 5.12. The smallest absolute Gasteiger partial charge is 0.244 e. The Labute approximate surface area is 127 Å².